The number of hydrogen-bond donors (Lipinski definition) is 2. The summed E-state index contributed by atoms with van der Waals surface area (Å²) in [6, 6.07) is 16.1. The van der Waals surface area contributed by atoms with Gasteiger partial charge in [-0.05, 0) is 42.1 Å². The number of benzene rings is 2. The SMILES string of the molecule is Cc1ccc([C@H](NC(=O)COc2ccc(Cl)cc2C(N)=O)c2cccs2)cc1. The second kappa shape index (κ2) is 8.91. The van der Waals surface area contributed by atoms with E-state index in [4.69, 9.17) is 22.1 Å². The standard InChI is InChI=1S/C21H19ClN2O3S/c1-13-4-6-14(7-5-13)20(18-3-2-10-28-18)24-19(25)12-27-17-9-8-15(22)11-16(17)21(23)26/h2-11,20H,12H2,1H3,(H2,23,26)(H,24,25)/t20-/m0/s1. The molecule has 2 aromatic carbocycles. The quantitative estimate of drug-likeness (QED) is 0.610. The minimum absolute atomic E-state index is 0.133. The predicted molar refractivity (Wildman–Crippen MR) is 111 cm³/mol. The van der Waals surface area contributed by atoms with E-state index in [0.717, 1.165) is 16.0 Å². The Hall–Kier alpha value is -2.83. The highest BCUT2D eigenvalue weighted by molar-refractivity contribution is 7.10. The fourth-order valence-electron chi connectivity index (χ4n) is 2.70. The third-order valence-corrected chi connectivity index (χ3v) is 5.28. The van der Waals surface area contributed by atoms with E-state index in [0.29, 0.717) is 5.02 Å². The average molecular weight is 415 g/mol. The van der Waals surface area contributed by atoms with Gasteiger partial charge in [-0.2, -0.15) is 0 Å². The first-order chi connectivity index (χ1) is 13.4. The van der Waals surface area contributed by atoms with Gasteiger partial charge < -0.3 is 15.8 Å². The lowest BCUT2D eigenvalue weighted by molar-refractivity contribution is -0.123. The van der Waals surface area contributed by atoms with Crippen LogP contribution in [0.5, 0.6) is 5.75 Å². The van der Waals surface area contributed by atoms with Crippen LogP contribution in [0.1, 0.15) is 32.4 Å². The Morgan fingerprint density at radius 1 is 1.18 bits per heavy atom. The second-order valence-electron chi connectivity index (χ2n) is 6.22. The molecule has 5 nitrogen and oxygen atoms in total. The molecule has 3 N–H and O–H groups in total. The molecule has 7 heteroatoms. The first kappa shape index (κ1) is 19.9. The summed E-state index contributed by atoms with van der Waals surface area (Å²) in [6.07, 6.45) is 0. The van der Waals surface area contributed by atoms with Crippen LogP contribution in [0.15, 0.2) is 60.0 Å². The van der Waals surface area contributed by atoms with Crippen molar-refractivity contribution >= 4 is 34.8 Å². The van der Waals surface area contributed by atoms with Gasteiger partial charge in [-0.1, -0.05) is 47.5 Å². The van der Waals surface area contributed by atoms with Crippen molar-refractivity contribution in [3.8, 4) is 5.75 Å². The van der Waals surface area contributed by atoms with Gasteiger partial charge in [0.1, 0.15) is 5.75 Å². The maximum atomic E-state index is 12.5. The Bertz CT molecular complexity index is 972. The lowest BCUT2D eigenvalue weighted by atomic mass is 10.0. The van der Waals surface area contributed by atoms with Gasteiger partial charge >= 0.3 is 0 Å². The highest BCUT2D eigenvalue weighted by atomic mass is 35.5. The molecule has 144 valence electrons. The lowest BCUT2D eigenvalue weighted by Gasteiger charge is -2.19. The number of ether oxygens (including phenoxy) is 1. The first-order valence-electron chi connectivity index (χ1n) is 8.55. The third-order valence-electron chi connectivity index (χ3n) is 4.11. The minimum atomic E-state index is -0.672. The van der Waals surface area contributed by atoms with Crippen molar-refractivity contribution in [1.29, 1.82) is 0 Å². The van der Waals surface area contributed by atoms with Crippen molar-refractivity contribution in [2.24, 2.45) is 5.73 Å². The van der Waals surface area contributed by atoms with E-state index >= 15 is 0 Å². The number of carbonyl (C=O) groups excluding carboxylic acids is 2. The summed E-state index contributed by atoms with van der Waals surface area (Å²) >= 11 is 7.45. The highest BCUT2D eigenvalue weighted by Crippen LogP contribution is 2.27. The summed E-state index contributed by atoms with van der Waals surface area (Å²) in [7, 11) is 0. The topological polar surface area (TPSA) is 81.4 Å². The van der Waals surface area contributed by atoms with E-state index in [-0.39, 0.29) is 29.9 Å². The van der Waals surface area contributed by atoms with Gasteiger partial charge in [0.15, 0.2) is 6.61 Å². The average Bonchev–Trinajstić information content (AvgIpc) is 3.20. The first-order valence-corrected chi connectivity index (χ1v) is 9.81. The molecule has 0 aliphatic heterocycles. The van der Waals surface area contributed by atoms with E-state index in [1.54, 1.807) is 17.4 Å². The van der Waals surface area contributed by atoms with Crippen LogP contribution in [0.2, 0.25) is 5.02 Å². The Labute approximate surface area is 172 Å². The second-order valence-corrected chi connectivity index (χ2v) is 7.64. The summed E-state index contributed by atoms with van der Waals surface area (Å²) in [5.74, 6) is -0.770. The molecule has 0 bridgehead atoms. The fraction of sp³-hybridized carbons (Fsp3) is 0.143. The predicted octanol–water partition coefficient (Wildman–Crippen LogP) is 4.09. The van der Waals surface area contributed by atoms with Gasteiger partial charge in [0.25, 0.3) is 11.8 Å². The zero-order chi connectivity index (χ0) is 20.1. The number of nitrogens with one attached hydrogen (secondary N) is 1. The Morgan fingerprint density at radius 3 is 2.57 bits per heavy atom. The number of carbonyl (C=O) groups is 2. The van der Waals surface area contributed by atoms with Crippen molar-refractivity contribution in [2.75, 3.05) is 6.61 Å². The van der Waals surface area contributed by atoms with Gasteiger partial charge in [0.05, 0.1) is 11.6 Å². The molecule has 0 saturated heterocycles. The van der Waals surface area contributed by atoms with Gasteiger partial charge in [-0.3, -0.25) is 9.59 Å². The zero-order valence-corrected chi connectivity index (χ0v) is 16.7. The number of hydrogen-bond acceptors (Lipinski definition) is 4. The van der Waals surface area contributed by atoms with Crippen LogP contribution in [-0.2, 0) is 4.79 Å². The molecule has 3 aromatic rings. The van der Waals surface area contributed by atoms with Crippen molar-refractivity contribution in [1.82, 2.24) is 5.32 Å². The van der Waals surface area contributed by atoms with Gasteiger partial charge in [0, 0.05) is 9.90 Å². The summed E-state index contributed by atoms with van der Waals surface area (Å²) in [6.45, 7) is 1.76. The molecular formula is C21H19ClN2O3S. The molecule has 1 heterocycles. The zero-order valence-electron chi connectivity index (χ0n) is 15.1. The smallest absolute Gasteiger partial charge is 0.258 e. The van der Waals surface area contributed by atoms with Gasteiger partial charge in [-0.15, -0.1) is 11.3 Å². The van der Waals surface area contributed by atoms with Crippen molar-refractivity contribution < 1.29 is 14.3 Å². The highest BCUT2D eigenvalue weighted by Gasteiger charge is 2.19. The molecule has 0 radical (unpaired) electrons. The van der Waals surface area contributed by atoms with Crippen LogP contribution in [0.4, 0.5) is 0 Å². The molecule has 0 saturated carbocycles. The van der Waals surface area contributed by atoms with Gasteiger partial charge in [0.2, 0.25) is 0 Å². The van der Waals surface area contributed by atoms with Gasteiger partial charge in [-0.25, -0.2) is 0 Å². The molecule has 0 unspecified atom stereocenters. The molecule has 0 spiro atoms. The number of aryl methyl sites for hydroxylation is 1. The van der Waals surface area contributed by atoms with Crippen LogP contribution in [0, 0.1) is 6.92 Å². The Kier molecular flexibility index (Phi) is 6.34. The lowest BCUT2D eigenvalue weighted by Crippen LogP contribution is -2.33. The molecule has 28 heavy (non-hydrogen) atoms. The number of thiophene rings is 1. The number of nitrogens with two attached hydrogens (primary N) is 1. The van der Waals surface area contributed by atoms with Crippen LogP contribution >= 0.6 is 22.9 Å². The van der Waals surface area contributed by atoms with E-state index < -0.39 is 5.91 Å². The van der Waals surface area contributed by atoms with Crippen LogP contribution in [0.3, 0.4) is 0 Å². The van der Waals surface area contributed by atoms with E-state index in [1.165, 1.54) is 12.1 Å². The number of halogens is 1. The summed E-state index contributed by atoms with van der Waals surface area (Å²) in [5, 5.41) is 5.32. The van der Waals surface area contributed by atoms with Crippen LogP contribution in [-0.4, -0.2) is 18.4 Å². The van der Waals surface area contributed by atoms with Crippen molar-refractivity contribution in [3.63, 3.8) is 0 Å². The Morgan fingerprint density at radius 2 is 1.93 bits per heavy atom. The summed E-state index contributed by atoms with van der Waals surface area (Å²) in [5.41, 5.74) is 7.60. The number of amides is 2. The van der Waals surface area contributed by atoms with Crippen LogP contribution in [0.25, 0.3) is 0 Å². The minimum Gasteiger partial charge on any atom is -0.483 e. The van der Waals surface area contributed by atoms with E-state index in [9.17, 15) is 9.59 Å². The van der Waals surface area contributed by atoms with Crippen molar-refractivity contribution in [3.05, 3.63) is 86.6 Å². The monoisotopic (exact) mass is 414 g/mol. The molecule has 2 amide bonds. The molecular weight excluding hydrogens is 396 g/mol. The van der Waals surface area contributed by atoms with Crippen LogP contribution < -0.4 is 15.8 Å². The van der Waals surface area contributed by atoms with E-state index in [1.807, 2.05) is 48.7 Å². The maximum Gasteiger partial charge on any atom is 0.258 e. The Balaban J connectivity index is 1.73. The summed E-state index contributed by atoms with van der Waals surface area (Å²) < 4.78 is 5.52. The normalized spacial score (nSPS) is 11.6. The molecule has 1 aromatic heterocycles. The maximum absolute atomic E-state index is 12.5. The molecule has 0 aliphatic rings. The number of rotatable bonds is 7. The van der Waals surface area contributed by atoms with Crippen molar-refractivity contribution in [2.45, 2.75) is 13.0 Å². The molecule has 1 atom stereocenters. The molecule has 0 aliphatic carbocycles. The largest absolute Gasteiger partial charge is 0.483 e. The fourth-order valence-corrected chi connectivity index (χ4v) is 3.67. The third kappa shape index (κ3) is 4.91. The molecule has 0 fully saturated rings. The molecule has 3 rings (SSSR count). The van der Waals surface area contributed by atoms with E-state index in [2.05, 4.69) is 5.32 Å². The number of primary amides is 1. The summed E-state index contributed by atoms with van der Waals surface area (Å²) in [4.78, 5) is 25.1.